The number of alkyl halides is 1. The van der Waals surface area contributed by atoms with Crippen LogP contribution in [0.3, 0.4) is 0 Å². The Kier molecular flexibility index (Phi) is 9.06. The van der Waals surface area contributed by atoms with Gasteiger partial charge in [-0.2, -0.15) is 0 Å². The normalized spacial score (nSPS) is 21.8. The Bertz CT molecular complexity index is 440. The molecule has 1 saturated carbocycles. The second kappa shape index (κ2) is 10.8. The van der Waals surface area contributed by atoms with Crippen molar-refractivity contribution < 1.29 is 5.11 Å². The summed E-state index contributed by atoms with van der Waals surface area (Å²) >= 11 is 2.29. The van der Waals surface area contributed by atoms with Gasteiger partial charge in [-0.1, -0.05) is 79.1 Å². The lowest BCUT2D eigenvalue weighted by Crippen LogP contribution is -2.39. The van der Waals surface area contributed by atoms with Crippen molar-refractivity contribution >= 4 is 22.6 Å². The van der Waals surface area contributed by atoms with Crippen LogP contribution in [0.25, 0.3) is 0 Å². The zero-order valence-electron chi connectivity index (χ0n) is 15.2. The molecule has 136 valence electrons. The summed E-state index contributed by atoms with van der Waals surface area (Å²) in [4.78, 5) is 2.52. The van der Waals surface area contributed by atoms with Crippen LogP contribution in [0.15, 0.2) is 30.3 Å². The summed E-state index contributed by atoms with van der Waals surface area (Å²) < 4.78 is 1.22. The van der Waals surface area contributed by atoms with Crippen LogP contribution in [0.4, 0.5) is 0 Å². The molecule has 3 rings (SSSR count). The number of benzene rings is 1. The fourth-order valence-corrected chi connectivity index (χ4v) is 4.23. The van der Waals surface area contributed by atoms with Crippen molar-refractivity contribution in [3.8, 4) is 0 Å². The molecule has 1 heterocycles. The Labute approximate surface area is 162 Å². The molecule has 1 aromatic carbocycles. The number of likely N-dealkylation sites (tertiary alicyclic amines) is 1. The molecule has 0 spiro atoms. The summed E-state index contributed by atoms with van der Waals surface area (Å²) in [6, 6.07) is 10.4. The van der Waals surface area contributed by atoms with Crippen LogP contribution >= 0.6 is 22.6 Å². The van der Waals surface area contributed by atoms with E-state index in [0.29, 0.717) is 5.92 Å². The predicted octanol–water partition coefficient (Wildman–Crippen LogP) is 5.38. The molecule has 1 aliphatic carbocycles. The van der Waals surface area contributed by atoms with E-state index in [9.17, 15) is 5.11 Å². The zero-order chi connectivity index (χ0) is 17.3. The van der Waals surface area contributed by atoms with E-state index >= 15 is 0 Å². The van der Waals surface area contributed by atoms with Crippen molar-refractivity contribution in [2.75, 3.05) is 24.1 Å². The summed E-state index contributed by atoms with van der Waals surface area (Å²) in [7, 11) is 0. The molecule has 2 fully saturated rings. The van der Waals surface area contributed by atoms with Gasteiger partial charge in [-0.3, -0.25) is 0 Å². The van der Waals surface area contributed by atoms with Crippen LogP contribution in [0.5, 0.6) is 0 Å². The highest BCUT2D eigenvalue weighted by molar-refractivity contribution is 14.1. The second-order valence-electron chi connectivity index (χ2n) is 7.19. The van der Waals surface area contributed by atoms with Crippen LogP contribution in [0.2, 0.25) is 0 Å². The molecule has 1 aliphatic heterocycles. The third-order valence-electron chi connectivity index (χ3n) is 5.56. The van der Waals surface area contributed by atoms with E-state index in [0.717, 1.165) is 18.5 Å². The molecule has 0 radical (unpaired) electrons. The van der Waals surface area contributed by atoms with Crippen LogP contribution in [-0.2, 0) is 5.60 Å². The summed E-state index contributed by atoms with van der Waals surface area (Å²) in [5, 5.41) is 11.5. The van der Waals surface area contributed by atoms with Gasteiger partial charge in [0.15, 0.2) is 0 Å². The maximum absolute atomic E-state index is 11.5. The highest BCUT2D eigenvalue weighted by Gasteiger charge is 2.38. The van der Waals surface area contributed by atoms with Crippen molar-refractivity contribution in [1.29, 1.82) is 0 Å². The first-order valence-electron chi connectivity index (χ1n) is 9.77. The molecule has 2 nitrogen and oxygen atoms in total. The summed E-state index contributed by atoms with van der Waals surface area (Å²) in [6.45, 7) is 5.59. The molecule has 1 aromatic rings. The Morgan fingerprint density at radius 3 is 2.21 bits per heavy atom. The minimum Gasteiger partial charge on any atom is -0.385 e. The zero-order valence-corrected chi connectivity index (χ0v) is 17.4. The van der Waals surface area contributed by atoms with Crippen molar-refractivity contribution in [2.24, 2.45) is 5.92 Å². The fourth-order valence-electron chi connectivity index (χ4n) is 4.23. The quantitative estimate of drug-likeness (QED) is 0.488. The van der Waals surface area contributed by atoms with Gasteiger partial charge in [0, 0.05) is 6.54 Å². The average molecular weight is 443 g/mol. The monoisotopic (exact) mass is 443 g/mol. The fraction of sp³-hybridized carbons (Fsp3) is 0.714. The van der Waals surface area contributed by atoms with Crippen LogP contribution < -0.4 is 0 Å². The van der Waals surface area contributed by atoms with E-state index in [-0.39, 0.29) is 0 Å². The molecule has 0 bridgehead atoms. The van der Waals surface area contributed by atoms with Gasteiger partial charge in [-0.25, -0.2) is 0 Å². The molecular formula is C21H34INO. The van der Waals surface area contributed by atoms with Crippen LogP contribution in [0, 0.1) is 5.92 Å². The van der Waals surface area contributed by atoms with Gasteiger partial charge in [-0.05, 0) is 61.1 Å². The van der Waals surface area contributed by atoms with Crippen LogP contribution in [0.1, 0.15) is 63.9 Å². The van der Waals surface area contributed by atoms with Crippen molar-refractivity contribution in [3.05, 3.63) is 35.9 Å². The maximum Gasteiger partial charge on any atom is 0.0936 e. The van der Waals surface area contributed by atoms with E-state index in [1.807, 2.05) is 6.07 Å². The highest BCUT2D eigenvalue weighted by atomic mass is 127. The molecule has 24 heavy (non-hydrogen) atoms. The van der Waals surface area contributed by atoms with Gasteiger partial charge in [0.05, 0.1) is 5.60 Å². The lowest BCUT2D eigenvalue weighted by Gasteiger charge is -2.40. The van der Waals surface area contributed by atoms with E-state index < -0.39 is 5.60 Å². The lowest BCUT2D eigenvalue weighted by molar-refractivity contribution is -0.0510. The van der Waals surface area contributed by atoms with E-state index in [1.54, 1.807) is 0 Å². The summed E-state index contributed by atoms with van der Waals surface area (Å²) in [6.07, 6.45) is 9.82. The number of rotatable bonds is 5. The molecule has 1 N–H and O–H groups in total. The molecule has 3 heteroatoms. The average Bonchev–Trinajstić information content (AvgIpc) is 3.15. The summed E-state index contributed by atoms with van der Waals surface area (Å²) in [5.74, 6) is 0.441. The standard InChI is InChI=1S/C19H29NO.C2H5I/c21-19(17-9-3-1-4-10-17,18-11-5-2-6-12-18)13-16-20-14-7-8-15-20;1-2-3/h1,3-4,9-10,18,21H,2,5-8,11-16H2;2H2,1H3. The van der Waals surface area contributed by atoms with E-state index in [1.165, 1.54) is 62.5 Å². The molecule has 1 saturated heterocycles. The van der Waals surface area contributed by atoms with E-state index in [4.69, 9.17) is 0 Å². The number of hydrogen-bond donors (Lipinski definition) is 1. The lowest BCUT2D eigenvalue weighted by atomic mass is 9.71. The van der Waals surface area contributed by atoms with Crippen molar-refractivity contribution in [2.45, 2.75) is 63.9 Å². The predicted molar refractivity (Wildman–Crippen MR) is 112 cm³/mol. The first kappa shape index (κ1) is 20.2. The van der Waals surface area contributed by atoms with Gasteiger partial charge in [0.1, 0.15) is 0 Å². The van der Waals surface area contributed by atoms with Gasteiger partial charge in [0.2, 0.25) is 0 Å². The third-order valence-corrected chi connectivity index (χ3v) is 5.56. The Balaban J connectivity index is 0.000000647. The summed E-state index contributed by atoms with van der Waals surface area (Å²) in [5.41, 5.74) is 0.515. The number of halogens is 1. The molecule has 2 aliphatic rings. The van der Waals surface area contributed by atoms with Gasteiger partial charge in [0.25, 0.3) is 0 Å². The molecule has 0 aromatic heterocycles. The van der Waals surface area contributed by atoms with Gasteiger partial charge in [-0.15, -0.1) is 0 Å². The number of aliphatic hydroxyl groups is 1. The van der Waals surface area contributed by atoms with Gasteiger partial charge < -0.3 is 10.0 Å². The largest absolute Gasteiger partial charge is 0.385 e. The minimum atomic E-state index is -0.621. The second-order valence-corrected chi connectivity index (χ2v) is 8.72. The number of hydrogen-bond acceptors (Lipinski definition) is 2. The Hall–Kier alpha value is -0.130. The van der Waals surface area contributed by atoms with Gasteiger partial charge >= 0.3 is 0 Å². The Morgan fingerprint density at radius 1 is 1.04 bits per heavy atom. The number of nitrogens with zero attached hydrogens (tertiary/aromatic N) is 1. The third kappa shape index (κ3) is 5.70. The molecule has 0 amide bonds. The minimum absolute atomic E-state index is 0.441. The topological polar surface area (TPSA) is 23.5 Å². The SMILES string of the molecule is CCI.OC(CCN1CCCC1)(c1ccccc1)C1CCCCC1. The van der Waals surface area contributed by atoms with E-state index in [2.05, 4.69) is 58.7 Å². The smallest absolute Gasteiger partial charge is 0.0936 e. The Morgan fingerprint density at radius 2 is 1.62 bits per heavy atom. The van der Waals surface area contributed by atoms with Crippen LogP contribution in [-0.4, -0.2) is 34.1 Å². The molecular weight excluding hydrogens is 409 g/mol. The first-order valence-corrected chi connectivity index (χ1v) is 11.3. The van der Waals surface area contributed by atoms with Crippen molar-refractivity contribution in [1.82, 2.24) is 4.90 Å². The van der Waals surface area contributed by atoms with Crippen molar-refractivity contribution in [3.63, 3.8) is 0 Å². The molecule has 1 atom stereocenters. The molecule has 1 unspecified atom stereocenters. The maximum atomic E-state index is 11.5. The first-order chi connectivity index (χ1) is 11.7. The highest BCUT2D eigenvalue weighted by Crippen LogP contribution is 2.41.